The Bertz CT molecular complexity index is 390. The van der Waals surface area contributed by atoms with E-state index in [0.29, 0.717) is 5.75 Å². The van der Waals surface area contributed by atoms with Crippen LogP contribution >= 0.6 is 11.8 Å². The van der Waals surface area contributed by atoms with Crippen LogP contribution in [0.5, 0.6) is 0 Å². The van der Waals surface area contributed by atoms with Crippen LogP contribution in [0, 0.1) is 0 Å². The normalized spacial score (nSPS) is 23.0. The van der Waals surface area contributed by atoms with Gasteiger partial charge in [0.05, 0.1) is 17.5 Å². The predicted molar refractivity (Wildman–Crippen MR) is 77.4 cm³/mol. The van der Waals surface area contributed by atoms with E-state index in [9.17, 15) is 15.0 Å². The minimum absolute atomic E-state index is 0.0887. The highest BCUT2D eigenvalue weighted by atomic mass is 32.2. The van der Waals surface area contributed by atoms with Crippen molar-refractivity contribution in [1.29, 1.82) is 0 Å². The van der Waals surface area contributed by atoms with Crippen molar-refractivity contribution in [2.24, 2.45) is 4.99 Å². The molecule has 0 unspecified atom stereocenters. The largest absolute Gasteiger partial charge is 0.595 e. The Balaban J connectivity index is 2.68. The predicted octanol–water partition coefficient (Wildman–Crippen LogP) is 0.190. The van der Waals surface area contributed by atoms with Crippen LogP contribution in [-0.2, 0) is 9.53 Å². The molecule has 0 aromatic rings. The number of aliphatic imine (C=N–C) groups is 1. The molecule has 0 spiro atoms. The van der Waals surface area contributed by atoms with Gasteiger partial charge in [0.25, 0.3) is 0 Å². The summed E-state index contributed by atoms with van der Waals surface area (Å²) in [6.07, 6.45) is -0.740. The minimum Gasteiger partial charge on any atom is -0.595 e. The quantitative estimate of drug-likeness (QED) is 0.594. The lowest BCUT2D eigenvalue weighted by atomic mass is 10.2. The number of carbonyl (C=O) groups is 1. The van der Waals surface area contributed by atoms with Crippen molar-refractivity contribution in [1.82, 2.24) is 4.90 Å². The highest BCUT2D eigenvalue weighted by Gasteiger charge is 2.42. The van der Waals surface area contributed by atoms with E-state index in [-0.39, 0.29) is 25.1 Å². The molecule has 1 saturated heterocycles. The average molecular weight is 303 g/mol. The number of rotatable bonds is 3. The van der Waals surface area contributed by atoms with Crippen molar-refractivity contribution < 1.29 is 19.7 Å². The summed E-state index contributed by atoms with van der Waals surface area (Å²) < 4.78 is 5.02. The monoisotopic (exact) mass is 303 g/mol. The molecule has 116 valence electrons. The Morgan fingerprint density at radius 3 is 2.65 bits per heavy atom. The molecule has 0 aliphatic carbocycles. The van der Waals surface area contributed by atoms with Gasteiger partial charge in [-0.15, -0.1) is 11.8 Å². The number of hydrogen-bond donors (Lipinski definition) is 1. The molecule has 1 amide bonds. The van der Waals surface area contributed by atoms with Crippen LogP contribution in [0.1, 0.15) is 34.6 Å². The Morgan fingerprint density at radius 2 is 2.15 bits per heavy atom. The molecule has 0 bridgehead atoms. The van der Waals surface area contributed by atoms with Crippen LogP contribution < -0.4 is 5.11 Å². The highest BCUT2D eigenvalue weighted by molar-refractivity contribution is 8.00. The van der Waals surface area contributed by atoms with E-state index in [0.717, 1.165) is 0 Å². The van der Waals surface area contributed by atoms with Gasteiger partial charge in [0.15, 0.2) is 0 Å². The number of amides is 1. The fraction of sp³-hybridized carbons (Fsp3) is 0.846. The molecule has 1 rings (SSSR count). The van der Waals surface area contributed by atoms with Crippen molar-refractivity contribution in [3.63, 3.8) is 0 Å². The lowest BCUT2D eigenvalue weighted by molar-refractivity contribution is -0.260. The summed E-state index contributed by atoms with van der Waals surface area (Å²) in [7, 11) is 0. The molecule has 6 nitrogen and oxygen atoms in total. The molecule has 1 atom stereocenters. The molecule has 0 radical (unpaired) electrons. The van der Waals surface area contributed by atoms with E-state index < -0.39 is 16.6 Å². The Hall–Kier alpha value is -0.950. The van der Waals surface area contributed by atoms with Crippen LogP contribution in [0.15, 0.2) is 4.99 Å². The molecule has 0 aromatic heterocycles. The maximum Gasteiger partial charge on any atom is 0.245 e. The van der Waals surface area contributed by atoms with Crippen molar-refractivity contribution in [2.45, 2.75) is 51.1 Å². The van der Waals surface area contributed by atoms with Gasteiger partial charge in [-0.3, -0.25) is 9.79 Å². The molecule has 20 heavy (non-hydrogen) atoms. The first-order valence-corrected chi connectivity index (χ1v) is 7.53. The number of ether oxygens (including phenoxy) is 1. The van der Waals surface area contributed by atoms with E-state index in [1.54, 1.807) is 37.4 Å². The van der Waals surface area contributed by atoms with E-state index >= 15 is 0 Å². The molecule has 0 aromatic carbocycles. The standard InChI is InChI=1S/C13H24N2O4S/c1-12(2,3)19-11(18)14-6-10(17)15-9(7-16)8-20-13(15,4)5/h9,16H,6-8H2,1-5H3,(H,14,18)/p-1/t9-/m0/s1. The summed E-state index contributed by atoms with van der Waals surface area (Å²) in [6.45, 7) is 8.71. The summed E-state index contributed by atoms with van der Waals surface area (Å²) in [5.41, 5.74) is -0.625. The van der Waals surface area contributed by atoms with E-state index in [4.69, 9.17) is 4.74 Å². The summed E-state index contributed by atoms with van der Waals surface area (Å²) in [6, 6.07) is -0.226. The minimum atomic E-state index is -0.740. The Morgan fingerprint density at radius 1 is 1.55 bits per heavy atom. The fourth-order valence-electron chi connectivity index (χ4n) is 2.02. The van der Waals surface area contributed by atoms with Gasteiger partial charge in [-0.1, -0.05) is 20.8 Å². The van der Waals surface area contributed by atoms with Crippen molar-refractivity contribution in [3.05, 3.63) is 0 Å². The zero-order chi connectivity index (χ0) is 15.6. The zero-order valence-corrected chi connectivity index (χ0v) is 13.5. The smallest absolute Gasteiger partial charge is 0.245 e. The van der Waals surface area contributed by atoms with Crippen LogP contribution in [0.3, 0.4) is 0 Å². The van der Waals surface area contributed by atoms with Crippen LogP contribution in [0.4, 0.5) is 0 Å². The first-order chi connectivity index (χ1) is 9.07. The number of aliphatic hydroxyl groups excluding tert-OH is 1. The molecule has 1 fully saturated rings. The Labute approximate surface area is 124 Å². The topological polar surface area (TPSA) is 85.2 Å². The third-order valence-electron chi connectivity index (χ3n) is 2.79. The second kappa shape index (κ2) is 6.22. The third kappa shape index (κ3) is 4.56. The van der Waals surface area contributed by atoms with Gasteiger partial charge in [-0.05, 0) is 13.8 Å². The molecule has 0 saturated carbocycles. The maximum atomic E-state index is 12.2. The molecular formula is C13H23N2O4S-. The first-order valence-electron chi connectivity index (χ1n) is 6.54. The van der Waals surface area contributed by atoms with Gasteiger partial charge in [0.1, 0.15) is 12.6 Å². The lowest BCUT2D eigenvalue weighted by Gasteiger charge is -2.34. The highest BCUT2D eigenvalue weighted by Crippen LogP contribution is 2.38. The number of nitrogens with zero attached hydrogens (tertiary/aromatic N) is 2. The van der Waals surface area contributed by atoms with Crippen molar-refractivity contribution >= 4 is 23.8 Å². The molecular weight excluding hydrogens is 280 g/mol. The Kier molecular flexibility index (Phi) is 5.32. The van der Waals surface area contributed by atoms with Gasteiger partial charge >= 0.3 is 0 Å². The molecule has 7 heteroatoms. The summed E-state index contributed by atoms with van der Waals surface area (Å²) in [5, 5.41) is 20.8. The number of thioether (sulfide) groups is 1. The van der Waals surface area contributed by atoms with Crippen LogP contribution in [-0.4, -0.2) is 57.4 Å². The molecule has 1 heterocycles. The summed E-state index contributed by atoms with van der Waals surface area (Å²) >= 11 is 1.60. The molecule has 1 aliphatic rings. The first kappa shape index (κ1) is 17.1. The van der Waals surface area contributed by atoms with Gasteiger partial charge in [0, 0.05) is 11.4 Å². The zero-order valence-electron chi connectivity index (χ0n) is 12.7. The van der Waals surface area contributed by atoms with Crippen LogP contribution in [0.25, 0.3) is 0 Å². The number of carbonyl (C=O) groups excluding carboxylic acids is 1. The second-order valence-electron chi connectivity index (χ2n) is 6.15. The third-order valence-corrected chi connectivity index (χ3v) is 4.25. The molecule has 1 N–H and O–H groups in total. The van der Waals surface area contributed by atoms with Crippen molar-refractivity contribution in [3.8, 4) is 0 Å². The SMILES string of the molecule is CC(C)(C)OC([O-])=NCC(=O)N1[C@@H](CO)CSC1(C)C. The van der Waals surface area contributed by atoms with Gasteiger partial charge < -0.3 is 19.8 Å². The van der Waals surface area contributed by atoms with Gasteiger partial charge in [-0.2, -0.15) is 0 Å². The fourth-order valence-corrected chi connectivity index (χ4v) is 3.27. The van der Waals surface area contributed by atoms with Crippen LogP contribution in [0.2, 0.25) is 0 Å². The lowest BCUT2D eigenvalue weighted by Crippen LogP contribution is -2.49. The number of hydrogen-bond acceptors (Lipinski definition) is 6. The maximum absolute atomic E-state index is 12.2. The van der Waals surface area contributed by atoms with E-state index in [2.05, 4.69) is 4.99 Å². The summed E-state index contributed by atoms with van der Waals surface area (Å²) in [4.78, 5) is 17.1. The average Bonchev–Trinajstić information content (AvgIpc) is 2.59. The van der Waals surface area contributed by atoms with E-state index in [1.165, 1.54) is 0 Å². The molecule has 1 aliphatic heterocycles. The number of aliphatic hydroxyl groups is 1. The van der Waals surface area contributed by atoms with Gasteiger partial charge in [0.2, 0.25) is 5.91 Å². The van der Waals surface area contributed by atoms with Crippen molar-refractivity contribution in [2.75, 3.05) is 18.9 Å². The van der Waals surface area contributed by atoms with E-state index in [1.807, 2.05) is 13.8 Å². The van der Waals surface area contributed by atoms with Gasteiger partial charge in [-0.25, -0.2) is 0 Å². The second-order valence-corrected chi connectivity index (χ2v) is 7.78. The summed E-state index contributed by atoms with van der Waals surface area (Å²) in [5.74, 6) is 0.409.